The van der Waals surface area contributed by atoms with Gasteiger partial charge in [-0.3, -0.25) is 0 Å². The molecule has 6 nitrogen and oxygen atoms in total. The Hall–Kier alpha value is -1.60. The molecule has 0 heterocycles. The topological polar surface area (TPSA) is 87.7 Å². The van der Waals surface area contributed by atoms with Crippen molar-refractivity contribution in [3.63, 3.8) is 0 Å². The highest BCUT2D eigenvalue weighted by Gasteiger charge is 2.08. The van der Waals surface area contributed by atoms with Crippen molar-refractivity contribution in [2.24, 2.45) is 0 Å². The molecule has 0 spiro atoms. The van der Waals surface area contributed by atoms with Crippen LogP contribution in [0.25, 0.3) is 0 Å². The van der Waals surface area contributed by atoms with Gasteiger partial charge in [0.05, 0.1) is 5.56 Å². The molecule has 1 aromatic rings. The molecule has 0 atom stereocenters. The third-order valence-electron chi connectivity index (χ3n) is 2.71. The van der Waals surface area contributed by atoms with Crippen LogP contribution in [0.4, 0.5) is 10.5 Å². The molecule has 21 heavy (non-hydrogen) atoms. The Morgan fingerprint density at radius 3 is 2.67 bits per heavy atom. The third-order valence-corrected chi connectivity index (χ3v) is 3.17. The number of aromatic carboxylic acids is 1. The lowest BCUT2D eigenvalue weighted by atomic mass is 10.2. The van der Waals surface area contributed by atoms with Crippen LogP contribution in [0, 0.1) is 0 Å². The Morgan fingerprint density at radius 2 is 2.00 bits per heavy atom. The van der Waals surface area contributed by atoms with Gasteiger partial charge in [0, 0.05) is 30.4 Å². The molecule has 0 saturated carbocycles. The van der Waals surface area contributed by atoms with Gasteiger partial charge in [-0.1, -0.05) is 15.9 Å². The number of anilines is 1. The second-order valence-corrected chi connectivity index (χ2v) is 5.38. The molecule has 0 aromatic heterocycles. The van der Waals surface area contributed by atoms with E-state index in [1.807, 2.05) is 0 Å². The molecule has 0 saturated heterocycles. The second kappa shape index (κ2) is 9.36. The number of nitrogens with one attached hydrogen (secondary N) is 2. The number of halogens is 1. The molecule has 116 valence electrons. The zero-order valence-electron chi connectivity index (χ0n) is 11.8. The molecule has 0 radical (unpaired) electrons. The first-order chi connectivity index (χ1) is 10.0. The molecule has 0 aliphatic rings. The largest absolute Gasteiger partial charge is 0.478 e. The molecule has 7 heteroatoms. The van der Waals surface area contributed by atoms with Crippen molar-refractivity contribution in [3.05, 3.63) is 28.2 Å². The van der Waals surface area contributed by atoms with Crippen LogP contribution in [0.15, 0.2) is 22.7 Å². The van der Waals surface area contributed by atoms with Crippen molar-refractivity contribution < 1.29 is 19.4 Å². The van der Waals surface area contributed by atoms with Gasteiger partial charge in [-0.15, -0.1) is 0 Å². The van der Waals surface area contributed by atoms with Gasteiger partial charge in [-0.25, -0.2) is 9.59 Å². The number of benzene rings is 1. The van der Waals surface area contributed by atoms with Crippen LogP contribution < -0.4 is 10.6 Å². The number of unbranched alkanes of at least 4 members (excludes halogenated alkanes) is 2. The van der Waals surface area contributed by atoms with Crippen molar-refractivity contribution in [1.29, 1.82) is 0 Å². The summed E-state index contributed by atoms with van der Waals surface area (Å²) in [5.41, 5.74) is 0.540. The fourth-order valence-corrected chi connectivity index (χ4v) is 2.20. The SMILES string of the molecule is COCCCCCNC(=O)Nc1cc(Br)cc(C(=O)O)c1. The van der Waals surface area contributed by atoms with Gasteiger partial charge in [0.2, 0.25) is 0 Å². The van der Waals surface area contributed by atoms with E-state index < -0.39 is 5.97 Å². The molecule has 1 rings (SSSR count). The van der Waals surface area contributed by atoms with Crippen LogP contribution in [-0.4, -0.2) is 37.4 Å². The van der Waals surface area contributed by atoms with Gasteiger partial charge in [-0.05, 0) is 37.5 Å². The van der Waals surface area contributed by atoms with E-state index in [2.05, 4.69) is 26.6 Å². The van der Waals surface area contributed by atoms with E-state index in [1.165, 1.54) is 12.1 Å². The Balaban J connectivity index is 2.39. The predicted octanol–water partition coefficient (Wildman–Crippen LogP) is 3.09. The Bertz CT molecular complexity index is 494. The minimum Gasteiger partial charge on any atom is -0.478 e. The summed E-state index contributed by atoms with van der Waals surface area (Å²) in [6.45, 7) is 1.29. The lowest BCUT2D eigenvalue weighted by Crippen LogP contribution is -2.29. The summed E-state index contributed by atoms with van der Waals surface area (Å²) in [5.74, 6) is -1.04. The summed E-state index contributed by atoms with van der Waals surface area (Å²) >= 11 is 3.21. The molecule has 0 aliphatic carbocycles. The van der Waals surface area contributed by atoms with Gasteiger partial charge in [-0.2, -0.15) is 0 Å². The number of carbonyl (C=O) groups excluding carboxylic acids is 1. The molecule has 2 amide bonds. The first-order valence-electron chi connectivity index (χ1n) is 6.60. The summed E-state index contributed by atoms with van der Waals surface area (Å²) in [7, 11) is 1.66. The Kier molecular flexibility index (Phi) is 7.78. The second-order valence-electron chi connectivity index (χ2n) is 4.47. The summed E-state index contributed by atoms with van der Waals surface area (Å²) < 4.78 is 5.53. The van der Waals surface area contributed by atoms with Crippen LogP contribution in [0.2, 0.25) is 0 Å². The number of hydrogen-bond donors (Lipinski definition) is 3. The summed E-state index contributed by atoms with van der Waals surface area (Å²) in [4.78, 5) is 22.6. The first kappa shape index (κ1) is 17.5. The molecule has 0 bridgehead atoms. The maximum absolute atomic E-state index is 11.7. The molecule has 0 unspecified atom stereocenters. The van der Waals surface area contributed by atoms with Gasteiger partial charge in [0.25, 0.3) is 0 Å². The van der Waals surface area contributed by atoms with E-state index in [1.54, 1.807) is 13.2 Å². The zero-order chi connectivity index (χ0) is 15.7. The van der Waals surface area contributed by atoms with Gasteiger partial charge < -0.3 is 20.5 Å². The summed E-state index contributed by atoms with van der Waals surface area (Å²) in [5, 5.41) is 14.3. The van der Waals surface area contributed by atoms with E-state index in [9.17, 15) is 9.59 Å². The minimum atomic E-state index is -1.04. The maximum atomic E-state index is 11.7. The number of carboxylic acid groups (broad SMARTS) is 1. The van der Waals surface area contributed by atoms with Crippen LogP contribution in [0.3, 0.4) is 0 Å². The Morgan fingerprint density at radius 1 is 1.24 bits per heavy atom. The zero-order valence-corrected chi connectivity index (χ0v) is 13.4. The molecule has 1 aromatic carbocycles. The average Bonchev–Trinajstić information content (AvgIpc) is 2.42. The van der Waals surface area contributed by atoms with Crippen molar-refractivity contribution in [1.82, 2.24) is 5.32 Å². The predicted molar refractivity (Wildman–Crippen MR) is 83.8 cm³/mol. The highest BCUT2D eigenvalue weighted by molar-refractivity contribution is 9.10. The maximum Gasteiger partial charge on any atom is 0.335 e. The van der Waals surface area contributed by atoms with Crippen LogP contribution >= 0.6 is 15.9 Å². The minimum absolute atomic E-state index is 0.110. The van der Waals surface area contributed by atoms with Gasteiger partial charge in [0.15, 0.2) is 0 Å². The first-order valence-corrected chi connectivity index (χ1v) is 7.40. The number of carboxylic acids is 1. The number of urea groups is 1. The molecular formula is C14H19BrN2O4. The van der Waals surface area contributed by atoms with E-state index >= 15 is 0 Å². The fraction of sp³-hybridized carbons (Fsp3) is 0.429. The molecular weight excluding hydrogens is 340 g/mol. The number of methoxy groups -OCH3 is 1. The van der Waals surface area contributed by atoms with Crippen LogP contribution in [-0.2, 0) is 4.74 Å². The van der Waals surface area contributed by atoms with Crippen LogP contribution in [0.1, 0.15) is 29.6 Å². The van der Waals surface area contributed by atoms with Crippen molar-refractivity contribution >= 4 is 33.6 Å². The van der Waals surface area contributed by atoms with E-state index in [4.69, 9.17) is 9.84 Å². The molecule has 0 aliphatic heterocycles. The monoisotopic (exact) mass is 358 g/mol. The molecule has 0 fully saturated rings. The van der Waals surface area contributed by atoms with E-state index in [0.717, 1.165) is 25.9 Å². The van der Waals surface area contributed by atoms with Crippen molar-refractivity contribution in [3.8, 4) is 0 Å². The molecule has 3 N–H and O–H groups in total. The fourth-order valence-electron chi connectivity index (χ4n) is 1.71. The lowest BCUT2D eigenvalue weighted by molar-refractivity contribution is 0.0697. The summed E-state index contributed by atoms with van der Waals surface area (Å²) in [6, 6.07) is 4.17. The highest BCUT2D eigenvalue weighted by Crippen LogP contribution is 2.19. The number of carbonyl (C=O) groups is 2. The van der Waals surface area contributed by atoms with Crippen molar-refractivity contribution in [2.75, 3.05) is 25.6 Å². The average molecular weight is 359 g/mol. The summed E-state index contributed by atoms with van der Waals surface area (Å²) in [6.07, 6.45) is 2.82. The van der Waals surface area contributed by atoms with Crippen LogP contribution in [0.5, 0.6) is 0 Å². The van der Waals surface area contributed by atoms with Crippen molar-refractivity contribution in [2.45, 2.75) is 19.3 Å². The van der Waals surface area contributed by atoms with Gasteiger partial charge >= 0.3 is 12.0 Å². The normalized spacial score (nSPS) is 10.2. The number of hydrogen-bond acceptors (Lipinski definition) is 3. The quantitative estimate of drug-likeness (QED) is 0.623. The van der Waals surface area contributed by atoms with Gasteiger partial charge in [0.1, 0.15) is 0 Å². The number of ether oxygens (including phenoxy) is 1. The third kappa shape index (κ3) is 7.10. The smallest absolute Gasteiger partial charge is 0.335 e. The highest BCUT2D eigenvalue weighted by atomic mass is 79.9. The number of amides is 2. The number of rotatable bonds is 8. The standard InChI is InChI=1S/C14H19BrN2O4/c1-21-6-4-2-3-5-16-14(20)17-12-8-10(13(18)19)7-11(15)9-12/h7-9H,2-6H2,1H3,(H,18,19)(H2,16,17,20). The van der Waals surface area contributed by atoms with E-state index in [0.29, 0.717) is 16.7 Å². The lowest BCUT2D eigenvalue weighted by Gasteiger charge is -2.09. The van der Waals surface area contributed by atoms with E-state index in [-0.39, 0.29) is 11.6 Å². The Labute approximate surface area is 132 Å².